The van der Waals surface area contributed by atoms with Crippen molar-refractivity contribution in [3.63, 3.8) is 0 Å². The van der Waals surface area contributed by atoms with Gasteiger partial charge in [-0.2, -0.15) is 0 Å². The van der Waals surface area contributed by atoms with Gasteiger partial charge in [0, 0.05) is 42.7 Å². The first-order chi connectivity index (χ1) is 17.8. The normalized spacial score (nSPS) is 33.8. The van der Waals surface area contributed by atoms with Crippen LogP contribution in [0.3, 0.4) is 0 Å². The lowest BCUT2D eigenvalue weighted by Crippen LogP contribution is -2.55. The van der Waals surface area contributed by atoms with Crippen molar-refractivity contribution < 1.29 is 19.5 Å². The van der Waals surface area contributed by atoms with Crippen LogP contribution in [0.25, 0.3) is 0 Å². The molecule has 2 fully saturated rings. The number of aliphatic hydroxyl groups excluding tert-OH is 1. The van der Waals surface area contributed by atoms with Crippen LogP contribution in [0.4, 0.5) is 5.69 Å². The molecule has 1 N–H and O–H groups in total. The van der Waals surface area contributed by atoms with Gasteiger partial charge in [-0.05, 0) is 38.8 Å². The summed E-state index contributed by atoms with van der Waals surface area (Å²) in [6.45, 7) is 7.39. The number of rotatable bonds is 7. The quantitative estimate of drug-likeness (QED) is 0.555. The topological polar surface area (TPSA) is 81.2 Å². The Hall–Kier alpha value is -2.58. The lowest BCUT2D eigenvalue weighted by molar-refractivity contribution is -0.144. The number of amides is 3. The zero-order valence-corrected chi connectivity index (χ0v) is 22.7. The number of aliphatic hydroxyl groups is 1. The van der Waals surface area contributed by atoms with E-state index in [0.29, 0.717) is 26.1 Å². The lowest BCUT2D eigenvalue weighted by atomic mass is 9.74. The molecule has 6 atom stereocenters. The van der Waals surface area contributed by atoms with Gasteiger partial charge in [0.1, 0.15) is 6.04 Å². The molecule has 4 aliphatic heterocycles. The summed E-state index contributed by atoms with van der Waals surface area (Å²) in [5.74, 6) is -1.55. The highest BCUT2D eigenvalue weighted by atomic mass is 32.2. The highest BCUT2D eigenvalue weighted by Gasteiger charge is 2.73. The van der Waals surface area contributed by atoms with E-state index in [1.165, 1.54) is 0 Å². The van der Waals surface area contributed by atoms with Crippen molar-refractivity contribution in [2.24, 2.45) is 11.8 Å². The van der Waals surface area contributed by atoms with E-state index in [1.807, 2.05) is 54.3 Å². The maximum Gasteiger partial charge on any atom is 0.247 e. The third-order valence-electron chi connectivity index (χ3n) is 8.45. The lowest BCUT2D eigenvalue weighted by Gasteiger charge is -2.38. The Bertz CT molecular complexity index is 1120. The number of anilines is 1. The Morgan fingerprint density at radius 2 is 1.76 bits per heavy atom. The predicted molar refractivity (Wildman–Crippen MR) is 146 cm³/mol. The summed E-state index contributed by atoms with van der Waals surface area (Å²) in [5, 5.41) is 9.59. The summed E-state index contributed by atoms with van der Waals surface area (Å²) < 4.78 is -1.47. The molecule has 8 heteroatoms. The molecule has 7 nitrogen and oxygen atoms in total. The van der Waals surface area contributed by atoms with E-state index < -0.39 is 27.4 Å². The predicted octanol–water partition coefficient (Wildman–Crippen LogP) is 3.25. The van der Waals surface area contributed by atoms with Crippen LogP contribution in [0, 0.1) is 11.8 Å². The largest absolute Gasteiger partial charge is 0.396 e. The summed E-state index contributed by atoms with van der Waals surface area (Å²) in [7, 11) is 0. The van der Waals surface area contributed by atoms with Crippen molar-refractivity contribution >= 4 is 35.2 Å². The first-order valence-electron chi connectivity index (χ1n) is 13.4. The molecule has 2 unspecified atom stereocenters. The van der Waals surface area contributed by atoms with Gasteiger partial charge in [-0.25, -0.2) is 0 Å². The van der Waals surface area contributed by atoms with E-state index >= 15 is 0 Å². The molecule has 1 aromatic rings. The molecule has 1 aromatic carbocycles. The number of likely N-dealkylation sites (tertiary alicyclic amines) is 1. The zero-order valence-electron chi connectivity index (χ0n) is 21.9. The number of hydrogen-bond donors (Lipinski definition) is 1. The fourth-order valence-electron chi connectivity index (χ4n) is 6.83. The minimum atomic E-state index is -0.844. The Morgan fingerprint density at radius 1 is 1.03 bits per heavy atom. The van der Waals surface area contributed by atoms with Gasteiger partial charge >= 0.3 is 0 Å². The Balaban J connectivity index is 1.61. The van der Waals surface area contributed by atoms with Crippen molar-refractivity contribution in [3.05, 3.63) is 54.6 Å². The van der Waals surface area contributed by atoms with Crippen LogP contribution in [-0.2, 0) is 14.4 Å². The van der Waals surface area contributed by atoms with Crippen LogP contribution in [0.2, 0.25) is 0 Å². The van der Waals surface area contributed by atoms with Crippen molar-refractivity contribution in [2.75, 3.05) is 31.1 Å². The monoisotopic (exact) mass is 523 g/mol. The van der Waals surface area contributed by atoms with Gasteiger partial charge in [0.2, 0.25) is 17.7 Å². The molecule has 5 rings (SSSR count). The summed E-state index contributed by atoms with van der Waals surface area (Å²) in [4.78, 5) is 48.1. The van der Waals surface area contributed by atoms with E-state index in [9.17, 15) is 19.5 Å². The van der Waals surface area contributed by atoms with Crippen LogP contribution in [-0.4, -0.2) is 80.4 Å². The average Bonchev–Trinajstić information content (AvgIpc) is 3.14. The summed E-state index contributed by atoms with van der Waals surface area (Å²) in [6.07, 6.45) is 10.4. The molecule has 4 aliphatic rings. The highest BCUT2D eigenvalue weighted by Crippen LogP contribution is 2.65. The number of para-hydroxylation sites is 1. The molecule has 2 saturated heterocycles. The van der Waals surface area contributed by atoms with E-state index in [0.717, 1.165) is 18.5 Å². The average molecular weight is 524 g/mol. The number of carbonyl (C=O) groups excluding carboxylic acids is 3. The SMILES string of the molecule is CCCC(C)N1CC=C[C@]23S[C@]4(C)C=CCN(c5ccccc5)C(=O)[C@@H]4[C@H]2C(=O)N(CCCO)C3C1=O. The summed E-state index contributed by atoms with van der Waals surface area (Å²) in [5.41, 5.74) is 0.804. The Morgan fingerprint density at radius 3 is 2.46 bits per heavy atom. The molecule has 0 radical (unpaired) electrons. The van der Waals surface area contributed by atoms with Crippen LogP contribution in [0.1, 0.15) is 40.0 Å². The van der Waals surface area contributed by atoms with Gasteiger partial charge in [0.25, 0.3) is 0 Å². The van der Waals surface area contributed by atoms with Crippen molar-refractivity contribution in [3.8, 4) is 0 Å². The second-order valence-electron chi connectivity index (χ2n) is 10.8. The summed E-state index contributed by atoms with van der Waals surface area (Å²) >= 11 is 1.60. The van der Waals surface area contributed by atoms with Crippen LogP contribution >= 0.6 is 11.8 Å². The highest BCUT2D eigenvalue weighted by molar-refractivity contribution is 8.02. The second kappa shape index (κ2) is 9.95. The third kappa shape index (κ3) is 4.04. The molecular formula is C29H37N3O4S. The first kappa shape index (κ1) is 26.0. The number of benzene rings is 1. The van der Waals surface area contributed by atoms with Gasteiger partial charge in [0.05, 0.1) is 16.6 Å². The smallest absolute Gasteiger partial charge is 0.247 e. The van der Waals surface area contributed by atoms with Gasteiger partial charge in [-0.1, -0.05) is 55.8 Å². The third-order valence-corrected chi connectivity index (χ3v) is 10.2. The van der Waals surface area contributed by atoms with Gasteiger partial charge in [-0.15, -0.1) is 11.8 Å². The second-order valence-corrected chi connectivity index (χ2v) is 12.6. The van der Waals surface area contributed by atoms with Crippen molar-refractivity contribution in [1.29, 1.82) is 0 Å². The standard InChI is InChI=1S/C29H37N3O4S/c1-4-11-20(2)30-16-9-15-29-23(26(35)32(18-10-19-33)24(29)27(30)36)22-25(34)31(21-12-6-5-7-13-21)17-8-14-28(22,3)37-29/h5-9,12-15,20,22-24,33H,4,10-11,16-19H2,1-3H3/t20?,22-,23-,24?,28+,29-/m0/s1. The molecule has 1 spiro atoms. The number of fused-ring (bicyclic) bond motifs is 2. The van der Waals surface area contributed by atoms with Gasteiger partial charge < -0.3 is 19.8 Å². The molecule has 0 aromatic heterocycles. The Labute approximate surface area is 223 Å². The molecule has 4 heterocycles. The molecule has 0 aliphatic carbocycles. The zero-order chi connectivity index (χ0) is 26.4. The van der Waals surface area contributed by atoms with Crippen molar-refractivity contribution in [1.82, 2.24) is 9.80 Å². The van der Waals surface area contributed by atoms with Crippen molar-refractivity contribution in [2.45, 2.75) is 61.6 Å². The van der Waals surface area contributed by atoms with Gasteiger partial charge in [-0.3, -0.25) is 14.4 Å². The fourth-order valence-corrected chi connectivity index (χ4v) is 8.99. The van der Waals surface area contributed by atoms with Crippen LogP contribution in [0.5, 0.6) is 0 Å². The van der Waals surface area contributed by atoms with Crippen LogP contribution < -0.4 is 4.90 Å². The molecule has 37 heavy (non-hydrogen) atoms. The molecule has 0 bridgehead atoms. The van der Waals surface area contributed by atoms with Crippen LogP contribution in [0.15, 0.2) is 54.6 Å². The van der Waals surface area contributed by atoms with E-state index in [4.69, 9.17) is 0 Å². The number of hydrogen-bond acceptors (Lipinski definition) is 5. The fraction of sp³-hybridized carbons (Fsp3) is 0.552. The molecule has 0 saturated carbocycles. The number of thioether (sulfide) groups is 1. The molecular weight excluding hydrogens is 486 g/mol. The molecule has 3 amide bonds. The number of carbonyl (C=O) groups is 3. The van der Waals surface area contributed by atoms with E-state index in [2.05, 4.69) is 26.0 Å². The van der Waals surface area contributed by atoms with E-state index in [1.54, 1.807) is 21.6 Å². The number of nitrogens with zero attached hydrogens (tertiary/aromatic N) is 3. The maximum absolute atomic E-state index is 14.3. The van der Waals surface area contributed by atoms with E-state index in [-0.39, 0.29) is 30.4 Å². The maximum atomic E-state index is 14.3. The minimum Gasteiger partial charge on any atom is -0.396 e. The summed E-state index contributed by atoms with van der Waals surface area (Å²) in [6, 6.07) is 8.93. The van der Waals surface area contributed by atoms with Gasteiger partial charge in [0.15, 0.2) is 0 Å². The molecule has 198 valence electrons. The minimum absolute atomic E-state index is 0.0497. The first-order valence-corrected chi connectivity index (χ1v) is 14.2. The Kier molecular flexibility index (Phi) is 7.00.